The normalized spacial score (nSPS) is 11.2. The van der Waals surface area contributed by atoms with Crippen LogP contribution < -0.4 is 10.3 Å². The minimum atomic E-state index is -0.174. The molecule has 0 spiro atoms. The van der Waals surface area contributed by atoms with E-state index < -0.39 is 0 Å². The lowest BCUT2D eigenvalue weighted by Gasteiger charge is -2.10. The van der Waals surface area contributed by atoms with Crippen molar-refractivity contribution in [3.05, 3.63) is 64.7 Å². The first-order chi connectivity index (χ1) is 11.8. The van der Waals surface area contributed by atoms with E-state index in [9.17, 15) is 4.79 Å². The highest BCUT2D eigenvalue weighted by molar-refractivity contribution is 5.74. The van der Waals surface area contributed by atoms with Crippen LogP contribution in [0.4, 0.5) is 0 Å². The van der Waals surface area contributed by atoms with E-state index in [1.165, 1.54) is 0 Å². The van der Waals surface area contributed by atoms with Gasteiger partial charge < -0.3 is 9.30 Å². The van der Waals surface area contributed by atoms with Crippen molar-refractivity contribution in [3.63, 3.8) is 0 Å². The number of nitrogens with zero attached hydrogens (tertiary/aromatic N) is 5. The van der Waals surface area contributed by atoms with Gasteiger partial charge in [0, 0.05) is 18.8 Å². The molecule has 0 N–H and O–H groups in total. The van der Waals surface area contributed by atoms with Gasteiger partial charge in [-0.25, -0.2) is 4.52 Å². The number of hydrogen-bond donors (Lipinski definition) is 0. The minimum absolute atomic E-state index is 0.174. The lowest BCUT2D eigenvalue weighted by atomic mass is 10.1. The molecule has 7 heteroatoms. The second kappa shape index (κ2) is 5.77. The average Bonchev–Trinajstić information content (AvgIpc) is 3.10. The zero-order valence-corrected chi connectivity index (χ0v) is 13.1. The zero-order chi connectivity index (χ0) is 16.5. The molecule has 24 heavy (non-hydrogen) atoms. The topological polar surface area (TPSA) is 74.3 Å². The molecule has 0 unspecified atom stereocenters. The summed E-state index contributed by atoms with van der Waals surface area (Å²) < 4.78 is 8.61. The fourth-order valence-electron chi connectivity index (χ4n) is 2.80. The molecule has 0 aliphatic rings. The van der Waals surface area contributed by atoms with E-state index in [2.05, 4.69) is 15.3 Å². The number of fused-ring (bicyclic) bond motifs is 3. The van der Waals surface area contributed by atoms with Crippen LogP contribution in [0, 0.1) is 0 Å². The highest BCUT2D eigenvalue weighted by Gasteiger charge is 2.10. The van der Waals surface area contributed by atoms with Crippen LogP contribution in [0.2, 0.25) is 0 Å². The van der Waals surface area contributed by atoms with Crippen LogP contribution in [0.1, 0.15) is 5.56 Å². The highest BCUT2D eigenvalue weighted by Crippen LogP contribution is 2.18. The van der Waals surface area contributed by atoms with Crippen molar-refractivity contribution < 1.29 is 4.74 Å². The van der Waals surface area contributed by atoms with Gasteiger partial charge in [0.15, 0.2) is 11.2 Å². The van der Waals surface area contributed by atoms with Crippen LogP contribution in [0.3, 0.4) is 0 Å². The molecule has 1 aromatic carbocycles. The second-order valence-corrected chi connectivity index (χ2v) is 5.41. The number of hydrogen-bond acceptors (Lipinski definition) is 5. The third kappa shape index (κ3) is 2.30. The number of aryl methyl sites for hydroxylation is 2. The molecule has 0 saturated carbocycles. The molecule has 4 aromatic rings. The lowest BCUT2D eigenvalue weighted by molar-refractivity contribution is 0.408. The van der Waals surface area contributed by atoms with Crippen molar-refractivity contribution in [3.8, 4) is 5.75 Å². The molecule has 0 bridgehead atoms. The quantitative estimate of drug-likeness (QED) is 0.572. The van der Waals surface area contributed by atoms with Gasteiger partial charge >= 0.3 is 0 Å². The number of benzene rings is 1. The molecule has 0 fully saturated rings. The molecular formula is C17H15N5O2. The van der Waals surface area contributed by atoms with Gasteiger partial charge in [0.2, 0.25) is 0 Å². The Morgan fingerprint density at radius 2 is 2.00 bits per heavy atom. The van der Waals surface area contributed by atoms with E-state index in [-0.39, 0.29) is 5.56 Å². The van der Waals surface area contributed by atoms with Crippen LogP contribution in [-0.4, -0.2) is 31.5 Å². The van der Waals surface area contributed by atoms with E-state index in [0.717, 1.165) is 11.3 Å². The van der Waals surface area contributed by atoms with Crippen molar-refractivity contribution >= 4 is 16.7 Å². The monoisotopic (exact) mass is 321 g/mol. The smallest absolute Gasteiger partial charge is 0.280 e. The first kappa shape index (κ1) is 14.4. The van der Waals surface area contributed by atoms with E-state index in [4.69, 9.17) is 4.74 Å². The summed E-state index contributed by atoms with van der Waals surface area (Å²) in [6, 6.07) is 11.4. The molecule has 3 heterocycles. The zero-order valence-electron chi connectivity index (χ0n) is 13.1. The highest BCUT2D eigenvalue weighted by atomic mass is 16.5. The van der Waals surface area contributed by atoms with Gasteiger partial charge in [-0.1, -0.05) is 18.2 Å². The summed E-state index contributed by atoms with van der Waals surface area (Å²) in [6.07, 6.45) is 4.09. The molecule has 7 nitrogen and oxygen atoms in total. The maximum absolute atomic E-state index is 12.7. The summed E-state index contributed by atoms with van der Waals surface area (Å²) in [5.74, 6) is 0.823. The van der Waals surface area contributed by atoms with Crippen molar-refractivity contribution in [1.82, 2.24) is 24.4 Å². The first-order valence-corrected chi connectivity index (χ1v) is 7.59. The Hall–Kier alpha value is -3.22. The first-order valence-electron chi connectivity index (χ1n) is 7.59. The SMILES string of the molecule is COc1ccccc1CCn1ccc2c(nnc3ccnn32)c1=O. The Morgan fingerprint density at radius 3 is 2.88 bits per heavy atom. The summed E-state index contributed by atoms with van der Waals surface area (Å²) in [7, 11) is 1.64. The molecule has 0 atom stereocenters. The number of pyridine rings is 1. The van der Waals surface area contributed by atoms with Gasteiger partial charge in [-0.2, -0.15) is 5.10 Å². The Labute approximate surface area is 137 Å². The fourth-order valence-corrected chi connectivity index (χ4v) is 2.80. The molecule has 0 radical (unpaired) electrons. The van der Waals surface area contributed by atoms with E-state index in [0.29, 0.717) is 29.6 Å². The van der Waals surface area contributed by atoms with E-state index >= 15 is 0 Å². The average molecular weight is 321 g/mol. The summed E-state index contributed by atoms with van der Waals surface area (Å²) in [4.78, 5) is 12.7. The predicted octanol–water partition coefficient (Wildman–Crippen LogP) is 1.69. The Balaban J connectivity index is 1.71. The predicted molar refractivity (Wildman–Crippen MR) is 89.2 cm³/mol. The van der Waals surface area contributed by atoms with Gasteiger partial charge in [0.1, 0.15) is 11.3 Å². The molecule has 0 amide bonds. The van der Waals surface area contributed by atoms with Crippen LogP contribution >= 0.6 is 0 Å². The molecule has 0 aliphatic carbocycles. The molecule has 0 saturated heterocycles. The van der Waals surface area contributed by atoms with Crippen LogP contribution in [-0.2, 0) is 13.0 Å². The van der Waals surface area contributed by atoms with Crippen molar-refractivity contribution in [1.29, 1.82) is 0 Å². The van der Waals surface area contributed by atoms with Gasteiger partial charge in [-0.3, -0.25) is 4.79 Å². The molecule has 120 valence electrons. The minimum Gasteiger partial charge on any atom is -0.496 e. The van der Waals surface area contributed by atoms with Gasteiger partial charge in [0.05, 0.1) is 13.3 Å². The summed E-state index contributed by atoms with van der Waals surface area (Å²) in [6.45, 7) is 0.536. The van der Waals surface area contributed by atoms with Crippen LogP contribution in [0.15, 0.2) is 53.6 Å². The fraction of sp³-hybridized carbons (Fsp3) is 0.176. The number of para-hydroxylation sites is 1. The van der Waals surface area contributed by atoms with E-state index in [1.807, 2.05) is 30.3 Å². The molecular weight excluding hydrogens is 306 g/mol. The number of aromatic nitrogens is 5. The van der Waals surface area contributed by atoms with Gasteiger partial charge in [0.25, 0.3) is 5.56 Å². The lowest BCUT2D eigenvalue weighted by Crippen LogP contribution is -2.22. The third-order valence-electron chi connectivity index (χ3n) is 4.04. The van der Waals surface area contributed by atoms with Crippen molar-refractivity contribution in [2.75, 3.05) is 7.11 Å². The molecule has 4 rings (SSSR count). The van der Waals surface area contributed by atoms with Gasteiger partial charge in [-0.15, -0.1) is 10.2 Å². The van der Waals surface area contributed by atoms with Gasteiger partial charge in [-0.05, 0) is 24.1 Å². The standard InChI is InChI=1S/C17H15N5O2/c1-24-14-5-3-2-4-12(14)7-10-21-11-8-13-16(17(21)23)20-19-15-6-9-18-22(13)15/h2-6,8-9,11H,7,10H2,1H3. The molecule has 0 aliphatic heterocycles. The number of methoxy groups -OCH3 is 1. The number of ether oxygens (including phenoxy) is 1. The second-order valence-electron chi connectivity index (χ2n) is 5.41. The maximum Gasteiger partial charge on any atom is 0.280 e. The largest absolute Gasteiger partial charge is 0.496 e. The maximum atomic E-state index is 12.7. The number of rotatable bonds is 4. The van der Waals surface area contributed by atoms with Crippen LogP contribution in [0.25, 0.3) is 16.7 Å². The summed E-state index contributed by atoms with van der Waals surface area (Å²) in [5, 5.41) is 12.3. The Morgan fingerprint density at radius 1 is 1.12 bits per heavy atom. The molecule has 3 aromatic heterocycles. The Bertz CT molecular complexity index is 1080. The Kier molecular flexibility index (Phi) is 3.45. The van der Waals surface area contributed by atoms with Crippen LogP contribution in [0.5, 0.6) is 5.75 Å². The summed E-state index contributed by atoms with van der Waals surface area (Å²) >= 11 is 0. The summed E-state index contributed by atoms with van der Waals surface area (Å²) in [5.41, 5.74) is 2.47. The van der Waals surface area contributed by atoms with Crippen molar-refractivity contribution in [2.45, 2.75) is 13.0 Å². The van der Waals surface area contributed by atoms with Crippen molar-refractivity contribution in [2.24, 2.45) is 0 Å². The van der Waals surface area contributed by atoms with E-state index in [1.54, 1.807) is 34.7 Å². The third-order valence-corrected chi connectivity index (χ3v) is 4.04.